The summed E-state index contributed by atoms with van der Waals surface area (Å²) in [6.45, 7) is 12.1. The maximum Gasteiger partial charge on any atom is 0.195 e. The van der Waals surface area contributed by atoms with Gasteiger partial charge in [-0.2, -0.15) is 0 Å². The Labute approximate surface area is 158 Å². The summed E-state index contributed by atoms with van der Waals surface area (Å²) in [5.74, 6) is 2.81. The van der Waals surface area contributed by atoms with Crippen LogP contribution < -0.4 is 20.1 Å². The molecular formula is C20H34N4O2. The molecule has 1 aliphatic heterocycles. The lowest BCUT2D eigenvalue weighted by Crippen LogP contribution is -2.32. The third-order valence-electron chi connectivity index (χ3n) is 4.40. The minimum absolute atomic E-state index is 0.540. The Kier molecular flexibility index (Phi) is 8.54. The zero-order chi connectivity index (χ0) is 18.8. The zero-order valence-electron chi connectivity index (χ0n) is 16.7. The molecule has 26 heavy (non-hydrogen) atoms. The lowest BCUT2D eigenvalue weighted by molar-refractivity contribution is 0.291. The van der Waals surface area contributed by atoms with Crippen LogP contribution in [0.3, 0.4) is 0 Å². The number of hydrogen-bond donors (Lipinski definition) is 2. The molecule has 0 aliphatic carbocycles. The molecule has 6 nitrogen and oxygen atoms in total. The molecule has 0 radical (unpaired) electrons. The number of rotatable bonds is 9. The first-order valence-electron chi connectivity index (χ1n) is 9.74. The minimum atomic E-state index is 0.540. The fraction of sp³-hybridized carbons (Fsp3) is 0.650. The standard InChI is InChI=1S/C20H34N4O2/c1-5-21-20(22-14-16(3)15-24-11-7-8-12-24)23-17-9-10-18(26-6-2)19(13-17)25-4/h9-10,13,16H,5-8,11-12,14-15H2,1-4H3,(H2,21,22,23). The zero-order valence-corrected chi connectivity index (χ0v) is 16.7. The van der Waals surface area contributed by atoms with E-state index in [1.165, 1.54) is 25.9 Å². The van der Waals surface area contributed by atoms with Crippen LogP contribution >= 0.6 is 0 Å². The topological polar surface area (TPSA) is 58.1 Å². The van der Waals surface area contributed by atoms with Crippen LogP contribution in [0, 0.1) is 5.92 Å². The summed E-state index contributed by atoms with van der Waals surface area (Å²) in [5.41, 5.74) is 0.928. The highest BCUT2D eigenvalue weighted by molar-refractivity contribution is 5.93. The van der Waals surface area contributed by atoms with Gasteiger partial charge < -0.3 is 25.0 Å². The van der Waals surface area contributed by atoms with Gasteiger partial charge in [-0.15, -0.1) is 0 Å². The van der Waals surface area contributed by atoms with E-state index in [1.807, 2.05) is 25.1 Å². The molecule has 1 unspecified atom stereocenters. The monoisotopic (exact) mass is 362 g/mol. The van der Waals surface area contributed by atoms with Crippen molar-refractivity contribution in [2.24, 2.45) is 10.9 Å². The number of aliphatic imine (C=N–C) groups is 1. The van der Waals surface area contributed by atoms with Crippen molar-refractivity contribution in [3.05, 3.63) is 18.2 Å². The van der Waals surface area contributed by atoms with Crippen LogP contribution in [0.2, 0.25) is 0 Å². The van der Waals surface area contributed by atoms with Crippen LogP contribution in [0.4, 0.5) is 5.69 Å². The molecule has 1 aliphatic rings. The molecule has 146 valence electrons. The van der Waals surface area contributed by atoms with Crippen molar-refractivity contribution in [1.29, 1.82) is 0 Å². The van der Waals surface area contributed by atoms with Gasteiger partial charge in [0, 0.05) is 31.4 Å². The third-order valence-corrected chi connectivity index (χ3v) is 4.40. The summed E-state index contributed by atoms with van der Waals surface area (Å²) in [6, 6.07) is 5.84. The summed E-state index contributed by atoms with van der Waals surface area (Å²) in [5, 5.41) is 6.67. The molecule has 1 aromatic carbocycles. The first kappa shape index (κ1) is 20.4. The number of hydrogen-bond acceptors (Lipinski definition) is 4. The molecule has 0 bridgehead atoms. The van der Waals surface area contributed by atoms with Crippen molar-refractivity contribution < 1.29 is 9.47 Å². The van der Waals surface area contributed by atoms with Gasteiger partial charge in [-0.1, -0.05) is 6.92 Å². The number of likely N-dealkylation sites (tertiary alicyclic amines) is 1. The van der Waals surface area contributed by atoms with Crippen LogP contribution in [0.5, 0.6) is 11.5 Å². The van der Waals surface area contributed by atoms with E-state index in [4.69, 9.17) is 14.5 Å². The molecule has 0 saturated carbocycles. The van der Waals surface area contributed by atoms with E-state index < -0.39 is 0 Å². The number of methoxy groups -OCH3 is 1. The number of guanidine groups is 1. The third kappa shape index (κ3) is 6.41. The van der Waals surface area contributed by atoms with Gasteiger partial charge in [0.05, 0.1) is 13.7 Å². The summed E-state index contributed by atoms with van der Waals surface area (Å²) in [4.78, 5) is 7.30. The van der Waals surface area contributed by atoms with Gasteiger partial charge in [-0.25, -0.2) is 0 Å². The molecule has 0 aromatic heterocycles. The van der Waals surface area contributed by atoms with E-state index in [2.05, 4.69) is 29.4 Å². The van der Waals surface area contributed by atoms with Crippen molar-refractivity contribution in [2.75, 3.05) is 51.8 Å². The molecule has 1 fully saturated rings. The smallest absolute Gasteiger partial charge is 0.195 e. The van der Waals surface area contributed by atoms with Gasteiger partial charge in [-0.3, -0.25) is 4.99 Å². The molecule has 1 heterocycles. The van der Waals surface area contributed by atoms with Crippen molar-refractivity contribution >= 4 is 11.6 Å². The van der Waals surface area contributed by atoms with E-state index >= 15 is 0 Å². The van der Waals surface area contributed by atoms with E-state index in [0.29, 0.717) is 12.5 Å². The second-order valence-corrected chi connectivity index (χ2v) is 6.76. The molecule has 0 spiro atoms. The summed E-state index contributed by atoms with van der Waals surface area (Å²) in [7, 11) is 1.65. The average molecular weight is 363 g/mol. The minimum Gasteiger partial charge on any atom is -0.493 e. The Bertz CT molecular complexity index is 571. The molecule has 1 atom stereocenters. The first-order chi connectivity index (χ1) is 12.7. The largest absolute Gasteiger partial charge is 0.493 e. The van der Waals surface area contributed by atoms with Crippen LogP contribution in [0.15, 0.2) is 23.2 Å². The molecule has 1 saturated heterocycles. The van der Waals surface area contributed by atoms with Crippen LogP contribution in [-0.2, 0) is 0 Å². The van der Waals surface area contributed by atoms with Crippen molar-refractivity contribution in [2.45, 2.75) is 33.6 Å². The van der Waals surface area contributed by atoms with Crippen LogP contribution in [0.1, 0.15) is 33.6 Å². The molecular weight excluding hydrogens is 328 g/mol. The van der Waals surface area contributed by atoms with E-state index in [9.17, 15) is 0 Å². The fourth-order valence-corrected chi connectivity index (χ4v) is 3.17. The molecule has 1 aromatic rings. The molecule has 2 rings (SSSR count). The molecule has 0 amide bonds. The van der Waals surface area contributed by atoms with Crippen molar-refractivity contribution in [3.8, 4) is 11.5 Å². The maximum absolute atomic E-state index is 5.57. The summed E-state index contributed by atoms with van der Waals surface area (Å²) in [6.07, 6.45) is 2.67. The number of ether oxygens (including phenoxy) is 2. The van der Waals surface area contributed by atoms with Crippen LogP contribution in [0.25, 0.3) is 0 Å². The van der Waals surface area contributed by atoms with Gasteiger partial charge in [0.1, 0.15) is 0 Å². The number of benzene rings is 1. The lowest BCUT2D eigenvalue weighted by Gasteiger charge is -2.19. The Balaban J connectivity index is 1.97. The second kappa shape index (κ2) is 10.9. The van der Waals surface area contributed by atoms with Gasteiger partial charge in [0.15, 0.2) is 17.5 Å². The molecule has 2 N–H and O–H groups in total. The highest BCUT2D eigenvalue weighted by atomic mass is 16.5. The van der Waals surface area contributed by atoms with Crippen molar-refractivity contribution in [1.82, 2.24) is 10.2 Å². The van der Waals surface area contributed by atoms with Gasteiger partial charge in [0.2, 0.25) is 0 Å². The van der Waals surface area contributed by atoms with Gasteiger partial charge in [0.25, 0.3) is 0 Å². The Hall–Kier alpha value is -1.95. The van der Waals surface area contributed by atoms with E-state index in [1.54, 1.807) is 7.11 Å². The van der Waals surface area contributed by atoms with Gasteiger partial charge in [-0.05, 0) is 57.8 Å². The first-order valence-corrected chi connectivity index (χ1v) is 9.74. The normalized spacial score (nSPS) is 16.4. The van der Waals surface area contributed by atoms with Crippen molar-refractivity contribution in [3.63, 3.8) is 0 Å². The fourth-order valence-electron chi connectivity index (χ4n) is 3.17. The SMILES string of the molecule is CCNC(=NCC(C)CN1CCCC1)Nc1ccc(OCC)c(OC)c1. The Morgan fingerprint density at radius 2 is 2.00 bits per heavy atom. The lowest BCUT2D eigenvalue weighted by atomic mass is 10.2. The summed E-state index contributed by atoms with van der Waals surface area (Å²) >= 11 is 0. The Morgan fingerprint density at radius 1 is 1.23 bits per heavy atom. The van der Waals surface area contributed by atoms with E-state index in [0.717, 1.165) is 42.8 Å². The molecule has 6 heteroatoms. The highest BCUT2D eigenvalue weighted by Crippen LogP contribution is 2.30. The number of nitrogens with zero attached hydrogens (tertiary/aromatic N) is 2. The van der Waals surface area contributed by atoms with E-state index in [-0.39, 0.29) is 0 Å². The van der Waals surface area contributed by atoms with Gasteiger partial charge >= 0.3 is 0 Å². The predicted octanol–water partition coefficient (Wildman–Crippen LogP) is 3.20. The predicted molar refractivity (Wildman–Crippen MR) is 109 cm³/mol. The number of anilines is 1. The summed E-state index contributed by atoms with van der Waals surface area (Å²) < 4.78 is 11.0. The average Bonchev–Trinajstić information content (AvgIpc) is 3.14. The highest BCUT2D eigenvalue weighted by Gasteiger charge is 2.14. The maximum atomic E-state index is 5.57. The van der Waals surface area contributed by atoms with Crippen LogP contribution in [-0.4, -0.2) is 57.3 Å². The second-order valence-electron chi connectivity index (χ2n) is 6.76. The number of nitrogens with one attached hydrogen (secondary N) is 2. The quantitative estimate of drug-likeness (QED) is 0.522. The Morgan fingerprint density at radius 3 is 2.65 bits per heavy atom.